The van der Waals surface area contributed by atoms with Crippen LogP contribution in [0.1, 0.15) is 99.9 Å². The second-order valence-corrected chi connectivity index (χ2v) is 9.68. The zero-order chi connectivity index (χ0) is 24.4. The number of amides is 1. The lowest BCUT2D eigenvalue weighted by Gasteiger charge is -2.06. The molecule has 0 aliphatic rings. The summed E-state index contributed by atoms with van der Waals surface area (Å²) in [4.78, 5) is 24.2. The molecule has 0 heterocycles. The topological polar surface area (TPSA) is 67.8 Å². The number of benzene rings is 2. The number of hydrogen-bond acceptors (Lipinski definition) is 4. The summed E-state index contributed by atoms with van der Waals surface area (Å²) in [7, 11) is 0. The van der Waals surface area contributed by atoms with Crippen molar-refractivity contribution in [3.63, 3.8) is 0 Å². The number of rotatable bonds is 16. The van der Waals surface area contributed by atoms with Crippen molar-refractivity contribution in [2.45, 2.75) is 84.0 Å². The van der Waals surface area contributed by atoms with Crippen LogP contribution in [0.4, 0.5) is 0 Å². The van der Waals surface area contributed by atoms with Gasteiger partial charge >= 0.3 is 5.97 Å². The molecule has 2 aromatic rings. The second kappa shape index (κ2) is 17.2. The fourth-order valence-electron chi connectivity index (χ4n) is 3.60. The van der Waals surface area contributed by atoms with E-state index in [0.717, 1.165) is 22.0 Å². The van der Waals surface area contributed by atoms with Gasteiger partial charge < -0.3 is 4.74 Å². The third-order valence-electron chi connectivity index (χ3n) is 5.59. The summed E-state index contributed by atoms with van der Waals surface area (Å²) in [6.07, 6.45) is 16.0. The van der Waals surface area contributed by atoms with Gasteiger partial charge in [0.15, 0.2) is 0 Å². The normalized spacial score (nSPS) is 11.0. The van der Waals surface area contributed by atoms with E-state index in [-0.39, 0.29) is 11.9 Å². The Bertz CT molecular complexity index is 897. The molecule has 34 heavy (non-hydrogen) atoms. The van der Waals surface area contributed by atoms with Gasteiger partial charge in [-0.1, -0.05) is 83.3 Å². The Morgan fingerprint density at radius 1 is 0.853 bits per heavy atom. The fourth-order valence-corrected chi connectivity index (χ4v) is 4.20. The summed E-state index contributed by atoms with van der Waals surface area (Å²) in [6, 6.07) is 14.3. The molecule has 5 nitrogen and oxygen atoms in total. The van der Waals surface area contributed by atoms with Gasteiger partial charge in [-0.3, -0.25) is 4.79 Å². The summed E-state index contributed by atoms with van der Waals surface area (Å²) in [5.74, 6) is 0.0126. The monoisotopic (exact) mass is 576 g/mol. The highest BCUT2D eigenvalue weighted by Gasteiger charge is 2.11. The van der Waals surface area contributed by atoms with Crippen LogP contribution >= 0.6 is 22.6 Å². The minimum Gasteiger partial charge on any atom is -0.423 e. The molecule has 0 atom stereocenters. The molecule has 0 spiro atoms. The molecule has 0 aliphatic heterocycles. The van der Waals surface area contributed by atoms with E-state index in [0.29, 0.717) is 17.7 Å². The van der Waals surface area contributed by atoms with Gasteiger partial charge in [-0.05, 0) is 71.0 Å². The van der Waals surface area contributed by atoms with Gasteiger partial charge in [0.05, 0.1) is 11.8 Å². The molecule has 0 bridgehead atoms. The van der Waals surface area contributed by atoms with Crippen LogP contribution in [0.15, 0.2) is 53.6 Å². The molecule has 0 fully saturated rings. The van der Waals surface area contributed by atoms with Crippen LogP contribution in [0.3, 0.4) is 0 Å². The maximum absolute atomic E-state index is 12.3. The van der Waals surface area contributed by atoms with Gasteiger partial charge in [0.2, 0.25) is 5.91 Å². The maximum Gasteiger partial charge on any atom is 0.344 e. The van der Waals surface area contributed by atoms with Crippen LogP contribution < -0.4 is 10.2 Å². The predicted molar refractivity (Wildman–Crippen MR) is 147 cm³/mol. The quantitative estimate of drug-likeness (QED) is 0.0557. The van der Waals surface area contributed by atoms with E-state index in [4.69, 9.17) is 4.74 Å². The first-order valence-corrected chi connectivity index (χ1v) is 13.6. The number of halogens is 1. The second-order valence-electron chi connectivity index (χ2n) is 8.52. The van der Waals surface area contributed by atoms with Crippen LogP contribution in [0, 0.1) is 3.57 Å². The first-order valence-electron chi connectivity index (χ1n) is 12.5. The van der Waals surface area contributed by atoms with E-state index < -0.39 is 0 Å². The van der Waals surface area contributed by atoms with E-state index in [2.05, 4.69) is 40.0 Å². The average molecular weight is 577 g/mol. The number of hydrazone groups is 1. The van der Waals surface area contributed by atoms with Crippen LogP contribution in [0.5, 0.6) is 5.75 Å². The van der Waals surface area contributed by atoms with Crippen molar-refractivity contribution in [2.24, 2.45) is 5.10 Å². The molecule has 0 aliphatic carbocycles. The fraction of sp³-hybridized carbons (Fsp3) is 0.464. The zero-order valence-electron chi connectivity index (χ0n) is 20.2. The highest BCUT2D eigenvalue weighted by Crippen LogP contribution is 2.17. The summed E-state index contributed by atoms with van der Waals surface area (Å²) in [6.45, 7) is 2.25. The molecule has 6 heteroatoms. The highest BCUT2D eigenvalue weighted by molar-refractivity contribution is 14.1. The van der Waals surface area contributed by atoms with E-state index in [1.165, 1.54) is 57.8 Å². The SMILES string of the molecule is CCCCCCCCCCCCCC(=O)NN=Cc1ccc(OC(=O)c2ccccc2I)cc1. The van der Waals surface area contributed by atoms with E-state index >= 15 is 0 Å². The Morgan fingerprint density at radius 3 is 2.06 bits per heavy atom. The summed E-state index contributed by atoms with van der Waals surface area (Å²) >= 11 is 2.11. The summed E-state index contributed by atoms with van der Waals surface area (Å²) in [5.41, 5.74) is 3.93. The van der Waals surface area contributed by atoms with Crippen molar-refractivity contribution < 1.29 is 14.3 Å². The minimum atomic E-state index is -0.388. The Balaban J connectivity index is 1.56. The summed E-state index contributed by atoms with van der Waals surface area (Å²) < 4.78 is 6.27. The Morgan fingerprint density at radius 2 is 1.44 bits per heavy atom. The molecule has 0 unspecified atom stereocenters. The van der Waals surface area contributed by atoms with Crippen molar-refractivity contribution in [1.82, 2.24) is 5.43 Å². The molecule has 2 aromatic carbocycles. The molecule has 184 valence electrons. The van der Waals surface area contributed by atoms with Gasteiger partial charge in [0.25, 0.3) is 0 Å². The van der Waals surface area contributed by atoms with Crippen LogP contribution in [0.2, 0.25) is 0 Å². The molecule has 0 saturated carbocycles. The number of nitrogens with one attached hydrogen (secondary N) is 1. The lowest BCUT2D eigenvalue weighted by atomic mass is 10.1. The highest BCUT2D eigenvalue weighted by atomic mass is 127. The van der Waals surface area contributed by atoms with Gasteiger partial charge in [-0.15, -0.1) is 0 Å². The zero-order valence-corrected chi connectivity index (χ0v) is 22.4. The van der Waals surface area contributed by atoms with E-state index in [1.54, 1.807) is 36.5 Å². The van der Waals surface area contributed by atoms with Crippen LogP contribution in [-0.2, 0) is 4.79 Å². The molecule has 1 N–H and O–H groups in total. The van der Waals surface area contributed by atoms with Crippen molar-refractivity contribution in [2.75, 3.05) is 0 Å². The van der Waals surface area contributed by atoms with Crippen molar-refractivity contribution in [3.8, 4) is 5.75 Å². The summed E-state index contributed by atoms with van der Waals surface area (Å²) in [5, 5.41) is 4.03. The molecule has 0 aromatic heterocycles. The Labute approximate surface area is 217 Å². The Hall–Kier alpha value is -2.22. The van der Waals surface area contributed by atoms with E-state index in [1.807, 2.05) is 18.2 Å². The first-order chi connectivity index (χ1) is 16.6. The van der Waals surface area contributed by atoms with Crippen molar-refractivity contribution in [3.05, 3.63) is 63.2 Å². The van der Waals surface area contributed by atoms with Gasteiger partial charge in [-0.25, -0.2) is 10.2 Å². The number of carbonyl (C=O) groups excluding carboxylic acids is 2. The number of carbonyl (C=O) groups is 2. The molecular weight excluding hydrogens is 539 g/mol. The van der Waals surface area contributed by atoms with Gasteiger partial charge in [-0.2, -0.15) is 5.10 Å². The Kier molecular flexibility index (Phi) is 14.2. The lowest BCUT2D eigenvalue weighted by Crippen LogP contribution is -2.16. The number of esters is 1. The largest absolute Gasteiger partial charge is 0.423 e. The van der Waals surface area contributed by atoms with Gasteiger partial charge in [0.1, 0.15) is 5.75 Å². The smallest absolute Gasteiger partial charge is 0.344 e. The number of hydrogen-bond donors (Lipinski definition) is 1. The minimum absolute atomic E-state index is 0.0600. The third kappa shape index (κ3) is 11.8. The molecule has 2 rings (SSSR count). The molecular formula is C28H37IN2O3. The molecule has 0 saturated heterocycles. The molecule has 0 radical (unpaired) electrons. The van der Waals surface area contributed by atoms with Crippen LogP contribution in [-0.4, -0.2) is 18.1 Å². The average Bonchev–Trinajstić information content (AvgIpc) is 2.84. The number of nitrogens with zero attached hydrogens (tertiary/aromatic N) is 1. The van der Waals surface area contributed by atoms with Crippen molar-refractivity contribution >= 4 is 40.7 Å². The maximum atomic E-state index is 12.3. The number of ether oxygens (including phenoxy) is 1. The predicted octanol–water partition coefficient (Wildman–Crippen LogP) is 7.66. The molecule has 1 amide bonds. The first kappa shape index (κ1) is 28.0. The van der Waals surface area contributed by atoms with Gasteiger partial charge in [0, 0.05) is 9.99 Å². The standard InChI is InChI=1S/C28H37IN2O3/c1-2-3-4-5-6-7-8-9-10-11-12-17-27(32)31-30-22-23-18-20-24(21-19-23)34-28(33)25-15-13-14-16-26(25)29/h13-16,18-22H,2-12,17H2,1H3,(H,31,32). The number of unbranched alkanes of at least 4 members (excludes halogenated alkanes) is 10. The van der Waals surface area contributed by atoms with Crippen molar-refractivity contribution in [1.29, 1.82) is 0 Å². The van der Waals surface area contributed by atoms with E-state index in [9.17, 15) is 9.59 Å². The third-order valence-corrected chi connectivity index (χ3v) is 6.54. The van der Waals surface area contributed by atoms with Crippen LogP contribution in [0.25, 0.3) is 0 Å². The lowest BCUT2D eigenvalue weighted by molar-refractivity contribution is -0.121.